The first kappa shape index (κ1) is 14.2. The van der Waals surface area contributed by atoms with Gasteiger partial charge in [0.2, 0.25) is 0 Å². The standard InChI is InChI=1S/C14H14N2O3S/c1-8-5-4-6-10(7-8)12(17)16(3)13-11(14(18)19)9(2)15-20-13/h4-7H,1-3H3,(H,18,19). The molecule has 104 valence electrons. The van der Waals surface area contributed by atoms with Crippen molar-refractivity contribution in [2.75, 3.05) is 11.9 Å². The van der Waals surface area contributed by atoms with Crippen molar-refractivity contribution >= 4 is 28.4 Å². The van der Waals surface area contributed by atoms with Gasteiger partial charge in [-0.2, -0.15) is 4.37 Å². The Kier molecular flexibility index (Phi) is 3.85. The number of rotatable bonds is 3. The van der Waals surface area contributed by atoms with Crippen molar-refractivity contribution in [2.24, 2.45) is 0 Å². The minimum Gasteiger partial charge on any atom is -0.478 e. The highest BCUT2D eigenvalue weighted by atomic mass is 32.1. The van der Waals surface area contributed by atoms with Gasteiger partial charge in [-0.05, 0) is 37.5 Å². The van der Waals surface area contributed by atoms with Crippen LogP contribution in [-0.4, -0.2) is 28.4 Å². The van der Waals surface area contributed by atoms with Crippen molar-refractivity contribution in [3.05, 3.63) is 46.6 Å². The lowest BCUT2D eigenvalue weighted by atomic mass is 10.1. The Morgan fingerprint density at radius 2 is 2.00 bits per heavy atom. The number of amides is 1. The fourth-order valence-electron chi connectivity index (χ4n) is 1.90. The van der Waals surface area contributed by atoms with Gasteiger partial charge < -0.3 is 10.0 Å². The number of benzene rings is 1. The van der Waals surface area contributed by atoms with E-state index in [0.29, 0.717) is 16.3 Å². The number of carboxylic acid groups (broad SMARTS) is 1. The van der Waals surface area contributed by atoms with Crippen molar-refractivity contribution in [1.29, 1.82) is 0 Å². The van der Waals surface area contributed by atoms with Crippen LogP contribution in [0, 0.1) is 13.8 Å². The molecule has 5 nitrogen and oxygen atoms in total. The molecule has 0 saturated carbocycles. The monoisotopic (exact) mass is 290 g/mol. The quantitative estimate of drug-likeness (QED) is 0.943. The number of anilines is 1. The van der Waals surface area contributed by atoms with Crippen LogP contribution in [0.3, 0.4) is 0 Å². The number of aryl methyl sites for hydroxylation is 2. The predicted molar refractivity (Wildman–Crippen MR) is 77.7 cm³/mol. The zero-order chi connectivity index (χ0) is 14.9. The Morgan fingerprint density at radius 1 is 1.30 bits per heavy atom. The van der Waals surface area contributed by atoms with E-state index in [1.807, 2.05) is 13.0 Å². The van der Waals surface area contributed by atoms with E-state index in [9.17, 15) is 14.7 Å². The Morgan fingerprint density at radius 3 is 2.60 bits per heavy atom. The minimum absolute atomic E-state index is 0.0819. The summed E-state index contributed by atoms with van der Waals surface area (Å²) in [5.74, 6) is -1.32. The maximum Gasteiger partial charge on any atom is 0.340 e. The summed E-state index contributed by atoms with van der Waals surface area (Å²) in [7, 11) is 1.56. The molecule has 0 bridgehead atoms. The van der Waals surface area contributed by atoms with Crippen LogP contribution in [0.5, 0.6) is 0 Å². The molecule has 0 saturated heterocycles. The maximum absolute atomic E-state index is 12.4. The first-order chi connectivity index (χ1) is 9.41. The van der Waals surface area contributed by atoms with E-state index in [1.165, 1.54) is 4.90 Å². The van der Waals surface area contributed by atoms with Crippen LogP contribution >= 0.6 is 11.5 Å². The average molecular weight is 290 g/mol. The Hall–Kier alpha value is -2.21. The zero-order valence-corrected chi connectivity index (χ0v) is 12.2. The SMILES string of the molecule is Cc1cccc(C(=O)N(C)c2snc(C)c2C(=O)O)c1. The second-order valence-corrected chi connectivity index (χ2v) is 5.24. The Bertz CT molecular complexity index is 679. The van der Waals surface area contributed by atoms with E-state index in [0.717, 1.165) is 17.1 Å². The number of nitrogens with zero attached hydrogens (tertiary/aromatic N) is 2. The van der Waals surface area contributed by atoms with Crippen LogP contribution in [0.25, 0.3) is 0 Å². The Labute approximate surface area is 120 Å². The maximum atomic E-state index is 12.4. The van der Waals surface area contributed by atoms with E-state index in [1.54, 1.807) is 32.2 Å². The highest BCUT2D eigenvalue weighted by molar-refractivity contribution is 7.11. The van der Waals surface area contributed by atoms with Crippen molar-refractivity contribution in [1.82, 2.24) is 4.37 Å². The third kappa shape index (κ3) is 2.55. The Balaban J connectivity index is 2.39. The van der Waals surface area contributed by atoms with E-state index >= 15 is 0 Å². The van der Waals surface area contributed by atoms with Crippen LogP contribution in [0.2, 0.25) is 0 Å². The molecule has 1 aromatic heterocycles. The summed E-state index contributed by atoms with van der Waals surface area (Å²) in [6.45, 7) is 3.52. The first-order valence-corrected chi connectivity index (χ1v) is 6.73. The number of carbonyl (C=O) groups is 2. The summed E-state index contributed by atoms with van der Waals surface area (Å²) in [5.41, 5.74) is 2.00. The molecule has 0 unspecified atom stereocenters. The number of hydrogen-bond donors (Lipinski definition) is 1. The van der Waals surface area contributed by atoms with E-state index in [2.05, 4.69) is 4.37 Å². The number of aromatic nitrogens is 1. The van der Waals surface area contributed by atoms with Crippen LogP contribution < -0.4 is 4.90 Å². The molecule has 0 radical (unpaired) electrons. The van der Waals surface area contributed by atoms with Gasteiger partial charge in [0.15, 0.2) is 0 Å². The predicted octanol–water partition coefficient (Wildman–Crippen LogP) is 2.73. The number of hydrogen-bond acceptors (Lipinski definition) is 4. The molecule has 0 aliphatic rings. The molecule has 0 fully saturated rings. The van der Waals surface area contributed by atoms with Crippen LogP contribution in [0.15, 0.2) is 24.3 Å². The molecular weight excluding hydrogens is 276 g/mol. The number of carboxylic acids is 1. The van der Waals surface area contributed by atoms with E-state index in [-0.39, 0.29) is 11.5 Å². The van der Waals surface area contributed by atoms with Gasteiger partial charge in [-0.3, -0.25) is 4.79 Å². The zero-order valence-electron chi connectivity index (χ0n) is 11.4. The van der Waals surface area contributed by atoms with Crippen LogP contribution in [0.1, 0.15) is 32.0 Å². The summed E-state index contributed by atoms with van der Waals surface area (Å²) in [6.07, 6.45) is 0. The lowest BCUT2D eigenvalue weighted by Crippen LogP contribution is -2.27. The number of aromatic carboxylic acids is 1. The molecule has 1 amide bonds. The molecule has 20 heavy (non-hydrogen) atoms. The molecule has 1 aromatic carbocycles. The van der Waals surface area contributed by atoms with Gasteiger partial charge in [-0.15, -0.1) is 0 Å². The topological polar surface area (TPSA) is 70.5 Å². The molecule has 1 N–H and O–H groups in total. The second kappa shape index (κ2) is 5.42. The van der Waals surface area contributed by atoms with Gasteiger partial charge >= 0.3 is 5.97 Å². The van der Waals surface area contributed by atoms with Crippen LogP contribution in [0.4, 0.5) is 5.00 Å². The van der Waals surface area contributed by atoms with Crippen molar-refractivity contribution in [3.8, 4) is 0 Å². The third-order valence-corrected chi connectivity index (χ3v) is 3.95. The molecule has 0 spiro atoms. The fourth-order valence-corrected chi connectivity index (χ4v) is 2.74. The van der Waals surface area contributed by atoms with E-state index in [4.69, 9.17) is 0 Å². The number of carbonyl (C=O) groups excluding carboxylic acids is 1. The fraction of sp³-hybridized carbons (Fsp3) is 0.214. The highest BCUT2D eigenvalue weighted by Gasteiger charge is 2.24. The summed E-state index contributed by atoms with van der Waals surface area (Å²) >= 11 is 1.01. The molecule has 0 aliphatic heterocycles. The molecule has 0 aliphatic carbocycles. The minimum atomic E-state index is -1.07. The van der Waals surface area contributed by atoms with Gasteiger partial charge in [-0.25, -0.2) is 4.79 Å². The molecule has 2 rings (SSSR count). The summed E-state index contributed by atoms with van der Waals surface area (Å²) < 4.78 is 4.02. The molecule has 0 atom stereocenters. The second-order valence-electron chi connectivity index (χ2n) is 4.49. The van der Waals surface area contributed by atoms with E-state index < -0.39 is 5.97 Å². The average Bonchev–Trinajstić information content (AvgIpc) is 2.79. The van der Waals surface area contributed by atoms with Gasteiger partial charge in [0.1, 0.15) is 10.6 Å². The van der Waals surface area contributed by atoms with Gasteiger partial charge in [0.05, 0.1) is 5.69 Å². The lowest BCUT2D eigenvalue weighted by Gasteiger charge is -2.16. The molecule has 6 heteroatoms. The van der Waals surface area contributed by atoms with Crippen molar-refractivity contribution < 1.29 is 14.7 Å². The van der Waals surface area contributed by atoms with Crippen LogP contribution in [-0.2, 0) is 0 Å². The van der Waals surface area contributed by atoms with Gasteiger partial charge in [0, 0.05) is 12.6 Å². The van der Waals surface area contributed by atoms with Crippen molar-refractivity contribution in [2.45, 2.75) is 13.8 Å². The van der Waals surface area contributed by atoms with Crippen molar-refractivity contribution in [3.63, 3.8) is 0 Å². The molecular formula is C14H14N2O3S. The van der Waals surface area contributed by atoms with Gasteiger partial charge in [-0.1, -0.05) is 17.7 Å². The molecule has 2 aromatic rings. The summed E-state index contributed by atoms with van der Waals surface area (Å²) in [5, 5.41) is 9.56. The first-order valence-electron chi connectivity index (χ1n) is 5.96. The third-order valence-electron chi connectivity index (χ3n) is 2.93. The van der Waals surface area contributed by atoms with Gasteiger partial charge in [0.25, 0.3) is 5.91 Å². The summed E-state index contributed by atoms with van der Waals surface area (Å²) in [4.78, 5) is 25.0. The highest BCUT2D eigenvalue weighted by Crippen LogP contribution is 2.28. The largest absolute Gasteiger partial charge is 0.478 e. The molecule has 1 heterocycles. The lowest BCUT2D eigenvalue weighted by molar-refractivity contribution is 0.0697. The smallest absolute Gasteiger partial charge is 0.340 e. The summed E-state index contributed by atoms with van der Waals surface area (Å²) in [6, 6.07) is 7.18. The normalized spacial score (nSPS) is 10.3.